The number of furan rings is 1. The van der Waals surface area contributed by atoms with Crippen molar-refractivity contribution < 1.29 is 4.42 Å². The van der Waals surface area contributed by atoms with E-state index in [0.29, 0.717) is 0 Å². The van der Waals surface area contributed by atoms with E-state index in [4.69, 9.17) is 4.42 Å². The number of rotatable bonds is 4. The van der Waals surface area contributed by atoms with Crippen molar-refractivity contribution in [1.82, 2.24) is 4.98 Å². The Kier molecular flexibility index (Phi) is 6.28. The summed E-state index contributed by atoms with van der Waals surface area (Å²) in [6.07, 6.45) is 0. The summed E-state index contributed by atoms with van der Waals surface area (Å²) in [6.45, 7) is 0. The van der Waals surface area contributed by atoms with E-state index >= 15 is 0 Å². The minimum absolute atomic E-state index is 0.893. The highest BCUT2D eigenvalue weighted by Crippen LogP contribution is 2.57. The second-order valence-corrected chi connectivity index (χ2v) is 16.5. The lowest BCUT2D eigenvalue weighted by Crippen LogP contribution is -1.97. The van der Waals surface area contributed by atoms with Gasteiger partial charge in [0.1, 0.15) is 11.2 Å². The molecule has 12 rings (SSSR count). The van der Waals surface area contributed by atoms with Crippen molar-refractivity contribution in [2.75, 3.05) is 0 Å². The molecule has 53 heavy (non-hydrogen) atoms. The molecule has 5 aromatic heterocycles. The van der Waals surface area contributed by atoms with Gasteiger partial charge in [-0.15, -0.1) is 34.0 Å². The third-order valence-corrected chi connectivity index (χ3v) is 13.8. The van der Waals surface area contributed by atoms with Crippen molar-refractivity contribution in [3.05, 3.63) is 156 Å². The summed E-state index contributed by atoms with van der Waals surface area (Å²) in [6, 6.07) is 53.0. The molecule has 0 aliphatic carbocycles. The van der Waals surface area contributed by atoms with E-state index in [0.717, 1.165) is 33.0 Å². The van der Waals surface area contributed by atoms with Crippen molar-refractivity contribution in [3.8, 4) is 43.8 Å². The van der Waals surface area contributed by atoms with Crippen LogP contribution in [0.1, 0.15) is 0 Å². The lowest BCUT2D eigenvalue weighted by molar-refractivity contribution is 0.669. The van der Waals surface area contributed by atoms with Crippen LogP contribution in [-0.4, -0.2) is 4.98 Å². The predicted molar refractivity (Wildman–Crippen MR) is 231 cm³/mol. The van der Waals surface area contributed by atoms with Crippen molar-refractivity contribution in [1.29, 1.82) is 0 Å². The number of aromatic amines is 1. The minimum atomic E-state index is 0.893. The van der Waals surface area contributed by atoms with Gasteiger partial charge >= 0.3 is 0 Å². The van der Waals surface area contributed by atoms with Gasteiger partial charge in [-0.2, -0.15) is 0 Å². The molecule has 7 aromatic carbocycles. The van der Waals surface area contributed by atoms with E-state index in [2.05, 4.69) is 161 Å². The van der Waals surface area contributed by atoms with Crippen molar-refractivity contribution >= 4 is 108 Å². The number of H-pyrrole nitrogens is 1. The maximum Gasteiger partial charge on any atom is 0.136 e. The Bertz CT molecular complexity index is 3410. The zero-order valence-electron chi connectivity index (χ0n) is 28.1. The van der Waals surface area contributed by atoms with Gasteiger partial charge in [0.05, 0.1) is 5.52 Å². The van der Waals surface area contributed by atoms with Crippen LogP contribution in [0.4, 0.5) is 0 Å². The molecule has 248 valence electrons. The van der Waals surface area contributed by atoms with Crippen LogP contribution in [0.5, 0.6) is 0 Å². The SMILES string of the molecule is c1csc(-c2c(-c3csc4ccccc34)c(-c3cccc4oc5ccccc5c34)c(-c3cccc4sc5ccccc5c34)c3[nH]c4ccccc4c23)c1. The van der Waals surface area contributed by atoms with Gasteiger partial charge in [0.25, 0.3) is 0 Å². The maximum atomic E-state index is 6.61. The van der Waals surface area contributed by atoms with Gasteiger partial charge < -0.3 is 9.40 Å². The number of hydrogen-bond acceptors (Lipinski definition) is 4. The highest BCUT2D eigenvalue weighted by Gasteiger charge is 2.30. The Morgan fingerprint density at radius 1 is 0.415 bits per heavy atom. The molecular formula is C48H27NOS3. The molecule has 1 N–H and O–H groups in total. The number of nitrogens with one attached hydrogen (secondary N) is 1. The van der Waals surface area contributed by atoms with E-state index in [-0.39, 0.29) is 0 Å². The van der Waals surface area contributed by atoms with Crippen molar-refractivity contribution in [2.24, 2.45) is 0 Å². The van der Waals surface area contributed by atoms with Crippen LogP contribution in [0.15, 0.2) is 161 Å². The van der Waals surface area contributed by atoms with Crippen LogP contribution in [0, 0.1) is 0 Å². The summed E-state index contributed by atoms with van der Waals surface area (Å²) in [5, 5.41) is 13.2. The summed E-state index contributed by atoms with van der Waals surface area (Å²) in [7, 11) is 0. The zero-order valence-corrected chi connectivity index (χ0v) is 30.6. The fourth-order valence-corrected chi connectivity index (χ4v) is 11.6. The first-order chi connectivity index (χ1) is 26.3. The van der Waals surface area contributed by atoms with Gasteiger partial charge in [0.15, 0.2) is 0 Å². The lowest BCUT2D eigenvalue weighted by atomic mass is 9.80. The van der Waals surface area contributed by atoms with Crippen LogP contribution >= 0.6 is 34.0 Å². The van der Waals surface area contributed by atoms with E-state index in [1.807, 2.05) is 34.0 Å². The van der Waals surface area contributed by atoms with Gasteiger partial charge in [0.2, 0.25) is 0 Å². The van der Waals surface area contributed by atoms with E-state index in [1.54, 1.807) is 0 Å². The zero-order chi connectivity index (χ0) is 34.6. The quantitative estimate of drug-likeness (QED) is 0.192. The molecule has 0 bridgehead atoms. The van der Waals surface area contributed by atoms with E-state index in [9.17, 15) is 0 Å². The van der Waals surface area contributed by atoms with Crippen LogP contribution < -0.4 is 0 Å². The average Bonchev–Trinajstić information content (AvgIpc) is 4.05. The number of fused-ring (bicyclic) bond motifs is 10. The molecule has 0 atom stereocenters. The fourth-order valence-electron chi connectivity index (χ4n) is 8.70. The third-order valence-electron chi connectivity index (χ3n) is 10.8. The van der Waals surface area contributed by atoms with Crippen molar-refractivity contribution in [2.45, 2.75) is 0 Å². The lowest BCUT2D eigenvalue weighted by Gasteiger charge is -2.23. The highest BCUT2D eigenvalue weighted by atomic mass is 32.1. The Hall–Kier alpha value is -5.98. The molecule has 0 unspecified atom stereocenters. The number of hydrogen-bond donors (Lipinski definition) is 1. The van der Waals surface area contributed by atoms with Gasteiger partial charge in [-0.05, 0) is 64.4 Å². The van der Waals surface area contributed by atoms with E-state index in [1.165, 1.54) is 84.9 Å². The normalized spacial score (nSPS) is 12.2. The van der Waals surface area contributed by atoms with E-state index < -0.39 is 0 Å². The van der Waals surface area contributed by atoms with Crippen LogP contribution in [0.3, 0.4) is 0 Å². The molecule has 5 heterocycles. The topological polar surface area (TPSA) is 28.9 Å². The van der Waals surface area contributed by atoms with Gasteiger partial charge in [-0.3, -0.25) is 0 Å². The van der Waals surface area contributed by atoms with Gasteiger partial charge in [-0.25, -0.2) is 0 Å². The Balaban J connectivity index is 1.42. The molecule has 0 saturated heterocycles. The van der Waals surface area contributed by atoms with Crippen LogP contribution in [-0.2, 0) is 0 Å². The summed E-state index contributed by atoms with van der Waals surface area (Å²) in [5.41, 5.74) is 12.7. The van der Waals surface area contributed by atoms with Gasteiger partial charge in [-0.1, -0.05) is 103 Å². The highest BCUT2D eigenvalue weighted by molar-refractivity contribution is 7.26. The fraction of sp³-hybridized carbons (Fsp3) is 0. The molecule has 0 fully saturated rings. The molecule has 5 heteroatoms. The first kappa shape index (κ1) is 29.6. The molecule has 0 saturated carbocycles. The molecule has 0 spiro atoms. The second-order valence-electron chi connectivity index (χ2n) is 13.6. The molecule has 0 aliphatic rings. The van der Waals surface area contributed by atoms with Crippen molar-refractivity contribution in [3.63, 3.8) is 0 Å². The number of para-hydroxylation sites is 2. The molecule has 0 radical (unpaired) electrons. The Morgan fingerprint density at radius 2 is 1.09 bits per heavy atom. The molecule has 12 aromatic rings. The minimum Gasteiger partial charge on any atom is -0.456 e. The Labute approximate surface area is 315 Å². The summed E-state index contributed by atoms with van der Waals surface area (Å²) in [5.74, 6) is 0. The second kappa shape index (κ2) is 11.3. The van der Waals surface area contributed by atoms with Gasteiger partial charge in [0, 0.05) is 90.0 Å². The summed E-state index contributed by atoms with van der Waals surface area (Å²) in [4.78, 5) is 5.29. The number of thiophene rings is 3. The van der Waals surface area contributed by atoms with Crippen LogP contribution in [0.2, 0.25) is 0 Å². The maximum absolute atomic E-state index is 6.61. The number of aromatic nitrogens is 1. The number of benzene rings is 7. The predicted octanol–water partition coefficient (Wildman–Crippen LogP) is 15.5. The first-order valence-electron chi connectivity index (χ1n) is 17.7. The monoisotopic (exact) mass is 729 g/mol. The largest absolute Gasteiger partial charge is 0.456 e. The smallest absolute Gasteiger partial charge is 0.136 e. The first-order valence-corrected chi connectivity index (χ1v) is 20.3. The Morgan fingerprint density at radius 3 is 1.96 bits per heavy atom. The molecular weight excluding hydrogens is 703 g/mol. The summed E-state index contributed by atoms with van der Waals surface area (Å²) < 4.78 is 10.5. The standard InChI is InChI=1S/C48H27NOS3/c1-5-18-34-28(13-1)45-47(39-24-11-25-51-39)44(33-26-52-37-21-7-3-12-27(33)37)43(31-16-9-20-36-41(31)29-14-2-6-19-35(29)50-36)46(48(45)49-34)32-17-10-23-40-42(32)30-15-4-8-22-38(30)53-40/h1-26,49H. The molecule has 2 nitrogen and oxygen atoms in total. The third kappa shape index (κ3) is 4.18. The summed E-state index contributed by atoms with van der Waals surface area (Å²) >= 11 is 5.51. The average molecular weight is 730 g/mol. The molecule has 0 amide bonds. The van der Waals surface area contributed by atoms with Crippen LogP contribution in [0.25, 0.3) is 118 Å². The molecule has 0 aliphatic heterocycles.